The minimum absolute atomic E-state index is 0.629. The van der Waals surface area contributed by atoms with Gasteiger partial charge in [0.25, 0.3) is 0 Å². The Labute approximate surface area is 128 Å². The van der Waals surface area contributed by atoms with E-state index in [-0.39, 0.29) is 0 Å². The zero-order valence-electron chi connectivity index (χ0n) is 11.0. The van der Waals surface area contributed by atoms with E-state index in [0.717, 1.165) is 5.92 Å². The van der Waals surface area contributed by atoms with Crippen molar-refractivity contribution < 1.29 is 0 Å². The second kappa shape index (κ2) is 5.80. The fourth-order valence-corrected chi connectivity index (χ4v) is 5.72. The lowest BCUT2D eigenvalue weighted by atomic mass is 9.91. The van der Waals surface area contributed by atoms with Gasteiger partial charge in [-0.25, -0.2) is 0 Å². The Morgan fingerprint density at radius 1 is 1.28 bits per heavy atom. The van der Waals surface area contributed by atoms with E-state index in [1.54, 1.807) is 10.4 Å². The Kier molecular flexibility index (Phi) is 4.31. The third-order valence-electron chi connectivity index (χ3n) is 4.65. The molecule has 1 aromatic heterocycles. The van der Waals surface area contributed by atoms with Gasteiger partial charge in [-0.2, -0.15) is 0 Å². The van der Waals surface area contributed by atoms with E-state index in [9.17, 15) is 0 Å². The van der Waals surface area contributed by atoms with Crippen LogP contribution >= 0.6 is 33.9 Å². The maximum absolute atomic E-state index is 3.93. The molecule has 1 aromatic rings. The summed E-state index contributed by atoms with van der Waals surface area (Å²) in [5.74, 6) is 0.924. The first-order valence-electron chi connectivity index (χ1n) is 7.28. The van der Waals surface area contributed by atoms with Crippen LogP contribution in [0.2, 0.25) is 0 Å². The first-order valence-corrected chi connectivity index (χ1v) is 9.17. The first-order chi connectivity index (χ1) is 8.74. The van der Waals surface area contributed by atoms with Crippen molar-refractivity contribution in [3.05, 3.63) is 19.4 Å². The number of aryl methyl sites for hydroxylation is 1. The zero-order chi connectivity index (χ0) is 12.5. The van der Waals surface area contributed by atoms with Crippen LogP contribution in [0.5, 0.6) is 0 Å². The highest BCUT2D eigenvalue weighted by atomic mass is 127. The lowest BCUT2D eigenvalue weighted by Crippen LogP contribution is -2.36. The lowest BCUT2D eigenvalue weighted by Gasteiger charge is -2.30. The van der Waals surface area contributed by atoms with Gasteiger partial charge in [0.1, 0.15) is 0 Å². The van der Waals surface area contributed by atoms with Crippen LogP contribution in [-0.4, -0.2) is 6.04 Å². The Balaban J connectivity index is 1.69. The molecule has 0 amide bonds. The minimum atomic E-state index is 0.629. The van der Waals surface area contributed by atoms with Gasteiger partial charge in [0, 0.05) is 17.0 Å². The van der Waals surface area contributed by atoms with Crippen LogP contribution in [0.4, 0.5) is 0 Å². The second-order valence-electron chi connectivity index (χ2n) is 5.87. The smallest absolute Gasteiger partial charge is 0.0659 e. The topological polar surface area (TPSA) is 12.0 Å². The summed E-state index contributed by atoms with van der Waals surface area (Å²) in [5.41, 5.74) is 1.61. The van der Waals surface area contributed by atoms with E-state index in [1.165, 1.54) is 47.8 Å². The summed E-state index contributed by atoms with van der Waals surface area (Å²) in [6.07, 6.45) is 9.77. The van der Waals surface area contributed by atoms with Crippen molar-refractivity contribution >= 4 is 33.9 Å². The number of thiophene rings is 1. The van der Waals surface area contributed by atoms with E-state index in [2.05, 4.69) is 40.9 Å². The molecule has 0 radical (unpaired) electrons. The zero-order valence-corrected chi connectivity index (χ0v) is 14.0. The Hall–Kier alpha value is 0.390. The fraction of sp³-hybridized carbons (Fsp3) is 0.733. The molecule has 2 aliphatic rings. The van der Waals surface area contributed by atoms with E-state index >= 15 is 0 Å². The SMILES string of the molecule is C[C@@H](NC1CCCc2sc(I)cc21)C1CCCC1. The summed E-state index contributed by atoms with van der Waals surface area (Å²) in [6.45, 7) is 2.40. The molecule has 18 heavy (non-hydrogen) atoms. The molecule has 1 fully saturated rings. The molecule has 0 spiro atoms. The van der Waals surface area contributed by atoms with E-state index in [0.29, 0.717) is 12.1 Å². The maximum Gasteiger partial charge on any atom is 0.0659 e. The molecule has 1 nitrogen and oxygen atoms in total. The molecule has 1 N–H and O–H groups in total. The van der Waals surface area contributed by atoms with E-state index < -0.39 is 0 Å². The van der Waals surface area contributed by atoms with Crippen molar-refractivity contribution in [2.75, 3.05) is 0 Å². The average molecular weight is 375 g/mol. The summed E-state index contributed by atoms with van der Waals surface area (Å²) in [6, 6.07) is 3.74. The molecule has 3 rings (SSSR count). The third-order valence-corrected chi connectivity index (χ3v) is 6.63. The Bertz CT molecular complexity index is 409. The van der Waals surface area contributed by atoms with Crippen LogP contribution < -0.4 is 5.32 Å². The van der Waals surface area contributed by atoms with E-state index in [1.807, 2.05) is 11.3 Å². The monoisotopic (exact) mass is 375 g/mol. The molecule has 0 aromatic carbocycles. The van der Waals surface area contributed by atoms with Gasteiger partial charge in [-0.1, -0.05) is 12.8 Å². The standard InChI is InChI=1S/C15H22INS/c1-10(11-5-2-3-6-11)17-13-7-4-8-14-12(13)9-15(16)18-14/h9-11,13,17H,2-8H2,1H3/t10-,13?/m1/s1. The van der Waals surface area contributed by atoms with Crippen molar-refractivity contribution in [3.8, 4) is 0 Å². The molecule has 0 bridgehead atoms. The summed E-state index contributed by atoms with van der Waals surface area (Å²) in [5, 5.41) is 3.93. The summed E-state index contributed by atoms with van der Waals surface area (Å²) in [7, 11) is 0. The van der Waals surface area contributed by atoms with Crippen molar-refractivity contribution in [3.63, 3.8) is 0 Å². The predicted octanol–water partition coefficient (Wildman–Crippen LogP) is 4.90. The van der Waals surface area contributed by atoms with Crippen LogP contribution in [0.25, 0.3) is 0 Å². The van der Waals surface area contributed by atoms with Gasteiger partial charge < -0.3 is 5.32 Å². The van der Waals surface area contributed by atoms with Gasteiger partial charge in [-0.3, -0.25) is 0 Å². The van der Waals surface area contributed by atoms with Crippen molar-refractivity contribution in [2.24, 2.45) is 5.92 Å². The molecule has 1 heterocycles. The number of fused-ring (bicyclic) bond motifs is 1. The molecule has 100 valence electrons. The third kappa shape index (κ3) is 2.78. The highest BCUT2D eigenvalue weighted by Crippen LogP contribution is 2.37. The van der Waals surface area contributed by atoms with Crippen LogP contribution in [0.15, 0.2) is 6.07 Å². The summed E-state index contributed by atoms with van der Waals surface area (Å²) < 4.78 is 1.46. The van der Waals surface area contributed by atoms with Crippen molar-refractivity contribution in [1.29, 1.82) is 0 Å². The van der Waals surface area contributed by atoms with Crippen LogP contribution in [-0.2, 0) is 6.42 Å². The highest BCUT2D eigenvalue weighted by molar-refractivity contribution is 14.1. The predicted molar refractivity (Wildman–Crippen MR) is 87.3 cm³/mol. The van der Waals surface area contributed by atoms with Gasteiger partial charge in [0.2, 0.25) is 0 Å². The maximum atomic E-state index is 3.93. The van der Waals surface area contributed by atoms with Crippen molar-refractivity contribution in [2.45, 2.75) is 64.0 Å². The molecule has 1 unspecified atom stereocenters. The molecule has 1 saturated carbocycles. The van der Waals surface area contributed by atoms with Gasteiger partial charge in [0.15, 0.2) is 0 Å². The van der Waals surface area contributed by atoms with Crippen LogP contribution in [0, 0.1) is 8.80 Å². The normalized spacial score (nSPS) is 26.2. The Morgan fingerprint density at radius 3 is 2.83 bits per heavy atom. The second-order valence-corrected chi connectivity index (χ2v) is 8.90. The molecule has 2 atom stereocenters. The molecule has 0 saturated heterocycles. The van der Waals surface area contributed by atoms with Gasteiger partial charge in [-0.05, 0) is 79.2 Å². The Morgan fingerprint density at radius 2 is 2.06 bits per heavy atom. The van der Waals surface area contributed by atoms with Gasteiger partial charge in [0.05, 0.1) is 2.88 Å². The van der Waals surface area contributed by atoms with Crippen LogP contribution in [0.1, 0.15) is 61.9 Å². The lowest BCUT2D eigenvalue weighted by molar-refractivity contribution is 0.325. The average Bonchev–Trinajstić information content (AvgIpc) is 2.96. The van der Waals surface area contributed by atoms with Crippen molar-refractivity contribution in [1.82, 2.24) is 5.32 Å². The minimum Gasteiger partial charge on any atom is -0.307 e. The highest BCUT2D eigenvalue weighted by Gasteiger charge is 2.27. The number of hydrogen-bond acceptors (Lipinski definition) is 2. The van der Waals surface area contributed by atoms with E-state index in [4.69, 9.17) is 0 Å². The number of nitrogens with one attached hydrogen (secondary N) is 1. The number of hydrogen-bond donors (Lipinski definition) is 1. The van der Waals surface area contributed by atoms with Crippen LogP contribution in [0.3, 0.4) is 0 Å². The van der Waals surface area contributed by atoms with Gasteiger partial charge >= 0.3 is 0 Å². The largest absolute Gasteiger partial charge is 0.307 e. The molecular formula is C15H22INS. The molecule has 3 heteroatoms. The molecule has 2 aliphatic carbocycles. The number of halogens is 1. The van der Waals surface area contributed by atoms with Gasteiger partial charge in [-0.15, -0.1) is 11.3 Å². The fourth-order valence-electron chi connectivity index (χ4n) is 3.61. The quantitative estimate of drug-likeness (QED) is 0.741. The molecule has 0 aliphatic heterocycles. The summed E-state index contributed by atoms with van der Waals surface area (Å²) >= 11 is 4.47. The summed E-state index contributed by atoms with van der Waals surface area (Å²) in [4.78, 5) is 1.64. The first kappa shape index (κ1) is 13.4. The molecular weight excluding hydrogens is 353 g/mol. The number of rotatable bonds is 3.